The van der Waals surface area contributed by atoms with Crippen LogP contribution < -0.4 is 0 Å². The largest absolute Gasteiger partial charge is 0.478 e. The highest BCUT2D eigenvalue weighted by Crippen LogP contribution is 2.51. The Morgan fingerprint density at radius 2 is 0.542 bits per heavy atom. The summed E-state index contributed by atoms with van der Waals surface area (Å²) in [7, 11) is 0. The van der Waals surface area contributed by atoms with E-state index in [1.165, 1.54) is 44.6 Å². The number of hydrogen-bond acceptors (Lipinski definition) is 5. The van der Waals surface area contributed by atoms with E-state index in [1.54, 1.807) is 12.2 Å². The lowest BCUT2D eigenvalue weighted by Crippen LogP contribution is -2.35. The summed E-state index contributed by atoms with van der Waals surface area (Å²) in [6.07, 6.45) is 83.6. The summed E-state index contributed by atoms with van der Waals surface area (Å²) in [6, 6.07) is 0. The minimum atomic E-state index is -0.966. The van der Waals surface area contributed by atoms with Crippen LogP contribution in [0.2, 0.25) is 0 Å². The maximum absolute atomic E-state index is 12.1. The third kappa shape index (κ3) is 32.3. The first-order valence-corrected chi connectivity index (χ1v) is 39.5. The fourth-order valence-corrected chi connectivity index (χ4v) is 15.1. The van der Waals surface area contributed by atoms with Gasteiger partial charge in [-0.1, -0.05) is 345 Å². The molecule has 4 unspecified atom stereocenters. The monoisotopic (exact) mass is 1450 g/mol. The van der Waals surface area contributed by atoms with E-state index in [2.05, 4.69) is 295 Å². The maximum atomic E-state index is 12.1. The van der Waals surface area contributed by atoms with Crippen molar-refractivity contribution in [2.24, 2.45) is 69.0 Å². The molecule has 0 spiro atoms. The Hall–Kier alpha value is -7.45. The lowest BCUT2D eigenvalue weighted by atomic mass is 9.61. The molecule has 4 rings (SSSR count). The number of carboxylic acid groups (broad SMARTS) is 1. The van der Waals surface area contributed by atoms with Crippen molar-refractivity contribution in [3.05, 3.63) is 307 Å². The third-order valence-corrected chi connectivity index (χ3v) is 23.3. The van der Waals surface area contributed by atoms with Gasteiger partial charge in [-0.15, -0.1) is 0 Å². The number of allylic oxidation sites excluding steroid dienone is 46. The first-order chi connectivity index (χ1) is 50.3. The molecule has 0 bridgehead atoms. The molecule has 584 valence electrons. The first-order valence-electron chi connectivity index (χ1n) is 39.5. The van der Waals surface area contributed by atoms with Crippen molar-refractivity contribution in [2.45, 2.75) is 218 Å². The van der Waals surface area contributed by atoms with E-state index in [0.29, 0.717) is 47.3 Å². The van der Waals surface area contributed by atoms with Crippen LogP contribution in [-0.4, -0.2) is 57.9 Å². The summed E-state index contributed by atoms with van der Waals surface area (Å²) < 4.78 is 0. The van der Waals surface area contributed by atoms with Crippen molar-refractivity contribution in [1.82, 2.24) is 0 Å². The molecule has 0 aromatic heterocycles. The van der Waals surface area contributed by atoms with E-state index < -0.39 is 5.97 Å². The highest BCUT2D eigenvalue weighted by molar-refractivity contribution is 5.90. The Bertz CT molecular complexity index is 3680. The van der Waals surface area contributed by atoms with Crippen LogP contribution in [0.3, 0.4) is 0 Å². The molecule has 0 radical (unpaired) electrons. The normalized spacial score (nSPS) is 25.4. The van der Waals surface area contributed by atoms with Gasteiger partial charge in [0, 0.05) is 23.7 Å². The Morgan fingerprint density at radius 1 is 0.327 bits per heavy atom. The molecular formula is C101H144O6. The van der Waals surface area contributed by atoms with Gasteiger partial charge in [0.15, 0.2) is 0 Å². The Balaban J connectivity index is 0.000000556. The summed E-state index contributed by atoms with van der Waals surface area (Å²) in [5.41, 5.74) is 19.6. The minimum Gasteiger partial charge on any atom is -0.478 e. The molecule has 0 aliphatic heterocycles. The molecule has 0 fully saturated rings. The molecule has 6 heteroatoms. The molecule has 0 aromatic carbocycles. The second-order valence-electron chi connectivity index (χ2n) is 33.9. The van der Waals surface area contributed by atoms with E-state index in [-0.39, 0.29) is 53.7 Å². The summed E-state index contributed by atoms with van der Waals surface area (Å²) in [5.74, 6) is 2.68. The molecule has 0 saturated heterocycles. The zero-order valence-electron chi connectivity index (χ0n) is 71.0. The SMILES string of the molecule is CC1=CCC(C/C=C(\C)CO)C(C)(C)C1/C=C/C(C)=C/C=C/C(C)=C/C=C/C=C(C)/C=C/C=C(C)/C=C/C1C(C)=CCC(C/C=C(\C)CO)C1(C)C.CC1=CC[C@H](C/C=C(\C)CO)C(C)(C)[C@@H]1/C=C/C(C)=C/C=C/C(C)=C/C=C(/C=C(C)/C=C/C=C(C)/C=C/[C@@H]1C(C)=CC[C@H](C/C=C(\C)CO)C1(C)C)C(=O)O. The van der Waals surface area contributed by atoms with Gasteiger partial charge in [-0.25, -0.2) is 4.79 Å². The van der Waals surface area contributed by atoms with Crippen molar-refractivity contribution < 1.29 is 30.3 Å². The van der Waals surface area contributed by atoms with Crippen molar-refractivity contribution in [2.75, 3.05) is 26.4 Å². The zero-order chi connectivity index (χ0) is 80.2. The smallest absolute Gasteiger partial charge is 0.335 e. The number of carboxylic acids is 1. The maximum Gasteiger partial charge on any atom is 0.335 e. The van der Waals surface area contributed by atoms with Crippen LogP contribution >= 0.6 is 0 Å². The Labute approximate surface area is 652 Å². The molecule has 0 amide bonds. The van der Waals surface area contributed by atoms with Crippen molar-refractivity contribution in [3.8, 4) is 0 Å². The van der Waals surface area contributed by atoms with Crippen molar-refractivity contribution in [1.29, 1.82) is 0 Å². The molecule has 107 heavy (non-hydrogen) atoms. The molecule has 5 N–H and O–H groups in total. The van der Waals surface area contributed by atoms with Crippen LogP contribution in [-0.2, 0) is 4.79 Å². The van der Waals surface area contributed by atoms with Gasteiger partial charge >= 0.3 is 5.97 Å². The predicted octanol–water partition coefficient (Wildman–Crippen LogP) is 26.3. The number of aliphatic hydroxyl groups is 4. The van der Waals surface area contributed by atoms with Gasteiger partial charge in [0.25, 0.3) is 0 Å². The fourth-order valence-electron chi connectivity index (χ4n) is 15.1. The highest BCUT2D eigenvalue weighted by Gasteiger charge is 2.42. The van der Waals surface area contributed by atoms with Crippen LogP contribution in [0.1, 0.15) is 218 Å². The Kier molecular flexibility index (Phi) is 41.0. The summed E-state index contributed by atoms with van der Waals surface area (Å²) >= 11 is 0. The minimum absolute atomic E-state index is 0.0970. The second kappa shape index (κ2) is 46.8. The van der Waals surface area contributed by atoms with Crippen LogP contribution in [0.5, 0.6) is 0 Å². The highest BCUT2D eigenvalue weighted by atomic mass is 16.4. The average Bonchev–Trinajstić information content (AvgIpc) is 0.812. The second-order valence-corrected chi connectivity index (χ2v) is 33.9. The molecule has 0 saturated carbocycles. The standard InChI is InChI=1S/C51H72O4.C50H72O2/c1-36(15-13-16-37(2)22-31-47-42(7)24-29-45(50(47,9)10)27-20-40(5)34-52)19-26-44(49(54)55)33-39(4)18-14-17-38(3)23-32-48-43(8)25-30-46(51(48,11)12)28-21-41(6)35-53;1-37(19-15-21-39(3)25-33-47-43(7)27-31-45(49(47,9)10)29-23-41(5)35-51)17-13-14-18-38(2)20-16-22-40(4)26-34-48-44(8)28-32-46(50(48,11)12)30-24-42(6)36-52/h13-26,31-33,45-48,52-53H,27-30,34-35H2,1-12H3,(H,54,55);13-28,33-34,45-48,51-52H,29-32,35-36H2,1-12H3/b15-13+,18-14+,31-22+,32-23+,36-19+,37-16+,38-17+,39-33+,40-20+,41-21+,44-26-;14-13+,19-15+,20-16+,33-25+,34-26+,37-17+,38-18+,39-21+,40-22+,41-23+,42-24+/t45-,46-,47+,48+;/m0./s1. The predicted molar refractivity (Wildman–Crippen MR) is 466 cm³/mol. The molecule has 4 aliphatic rings. The van der Waals surface area contributed by atoms with Gasteiger partial charge in [-0.05, 0) is 220 Å². The quantitative estimate of drug-likeness (QED) is 0.0254. The van der Waals surface area contributed by atoms with Gasteiger partial charge in [-0.3, -0.25) is 0 Å². The summed E-state index contributed by atoms with van der Waals surface area (Å²) in [5, 5.41) is 47.6. The molecule has 6 nitrogen and oxygen atoms in total. The Morgan fingerprint density at radius 3 is 0.776 bits per heavy atom. The van der Waals surface area contributed by atoms with E-state index in [4.69, 9.17) is 0 Å². The van der Waals surface area contributed by atoms with Gasteiger partial charge < -0.3 is 25.5 Å². The number of aliphatic hydroxyl groups excluding tert-OH is 4. The molecule has 8 atom stereocenters. The lowest BCUT2D eigenvalue weighted by Gasteiger charge is -2.43. The van der Waals surface area contributed by atoms with Gasteiger partial charge in [0.1, 0.15) is 0 Å². The van der Waals surface area contributed by atoms with E-state index in [0.717, 1.165) is 96.0 Å². The number of rotatable bonds is 33. The van der Waals surface area contributed by atoms with E-state index in [1.807, 2.05) is 71.9 Å². The van der Waals surface area contributed by atoms with Crippen LogP contribution in [0.4, 0.5) is 0 Å². The number of aliphatic carboxylic acids is 1. The van der Waals surface area contributed by atoms with Crippen LogP contribution in [0.25, 0.3) is 0 Å². The third-order valence-electron chi connectivity index (χ3n) is 23.3. The van der Waals surface area contributed by atoms with Crippen molar-refractivity contribution in [3.63, 3.8) is 0 Å². The van der Waals surface area contributed by atoms with Crippen molar-refractivity contribution >= 4 is 5.97 Å². The van der Waals surface area contributed by atoms with Gasteiger partial charge in [0.2, 0.25) is 0 Å². The topological polar surface area (TPSA) is 118 Å². The summed E-state index contributed by atoms with van der Waals surface area (Å²) in [6.45, 7) is 53.1. The molecular weight excluding hydrogens is 1310 g/mol. The molecule has 0 heterocycles. The molecule has 0 aromatic rings. The number of carbonyl (C=O) groups is 1. The lowest BCUT2D eigenvalue weighted by molar-refractivity contribution is -0.132. The van der Waals surface area contributed by atoms with Gasteiger partial charge in [-0.2, -0.15) is 0 Å². The first kappa shape index (κ1) is 93.8. The zero-order valence-corrected chi connectivity index (χ0v) is 71.0. The summed E-state index contributed by atoms with van der Waals surface area (Å²) in [4.78, 5) is 12.1. The van der Waals surface area contributed by atoms with Crippen LogP contribution in [0, 0.1) is 69.0 Å². The van der Waals surface area contributed by atoms with E-state index in [9.17, 15) is 30.3 Å². The van der Waals surface area contributed by atoms with Gasteiger partial charge in [0.05, 0.1) is 32.0 Å². The average molecular weight is 1450 g/mol. The fraction of sp³-hybridized carbons (Fsp3) is 0.475. The number of hydrogen-bond donors (Lipinski definition) is 5. The van der Waals surface area contributed by atoms with Crippen LogP contribution in [0.15, 0.2) is 307 Å². The molecule has 4 aliphatic carbocycles. The van der Waals surface area contributed by atoms with E-state index >= 15 is 0 Å².